The minimum absolute atomic E-state index is 0.0651. The molecule has 0 spiro atoms. The number of rotatable bonds is 7. The first-order valence-corrected chi connectivity index (χ1v) is 6.80. The van der Waals surface area contributed by atoms with Crippen LogP contribution in [0.1, 0.15) is 16.8 Å². The van der Waals surface area contributed by atoms with Crippen LogP contribution in [0.4, 0.5) is 0 Å². The number of phenolic OH excluding ortho intramolecular Hbond substituents is 2. The van der Waals surface area contributed by atoms with Crippen molar-refractivity contribution in [3.63, 3.8) is 0 Å². The summed E-state index contributed by atoms with van der Waals surface area (Å²) < 4.78 is 0. The van der Waals surface area contributed by atoms with Crippen molar-refractivity contribution in [2.75, 3.05) is 24.7 Å². The van der Waals surface area contributed by atoms with Crippen molar-refractivity contribution in [3.8, 4) is 11.5 Å². The number of amides is 1. The van der Waals surface area contributed by atoms with Gasteiger partial charge in [0.25, 0.3) is 5.91 Å². The molecule has 0 atom stereocenters. The Morgan fingerprint density at radius 1 is 1.28 bits per heavy atom. The lowest BCUT2D eigenvalue weighted by Crippen LogP contribution is -2.25. The molecule has 1 rings (SSSR count). The molecule has 0 fully saturated rings. The molecule has 0 heterocycles. The third-order valence-electron chi connectivity index (χ3n) is 2.24. The minimum atomic E-state index is -0.411. The van der Waals surface area contributed by atoms with Crippen LogP contribution in [0.25, 0.3) is 0 Å². The largest absolute Gasteiger partial charge is 0.504 e. The van der Waals surface area contributed by atoms with Crippen molar-refractivity contribution in [2.24, 2.45) is 0 Å². The second-order valence-corrected chi connectivity index (χ2v) is 4.84. The molecule has 5 nitrogen and oxygen atoms in total. The number of benzene rings is 1. The average Bonchev–Trinajstić information content (AvgIpc) is 2.36. The first-order valence-electron chi connectivity index (χ1n) is 5.64. The number of hydrogen-bond donors (Lipinski definition) is 4. The number of carbonyl (C=O) groups excluding carboxylic acids is 1. The lowest BCUT2D eigenvalue weighted by molar-refractivity contribution is 0.0953. The summed E-state index contributed by atoms with van der Waals surface area (Å²) in [4.78, 5) is 11.7. The van der Waals surface area contributed by atoms with E-state index in [0.717, 1.165) is 17.9 Å². The van der Waals surface area contributed by atoms with Crippen molar-refractivity contribution < 1.29 is 20.1 Å². The molecule has 1 aromatic rings. The highest BCUT2D eigenvalue weighted by Crippen LogP contribution is 2.27. The van der Waals surface area contributed by atoms with E-state index >= 15 is 0 Å². The summed E-state index contributed by atoms with van der Waals surface area (Å²) in [5.41, 5.74) is 0.0651. The van der Waals surface area contributed by atoms with Crippen molar-refractivity contribution in [3.05, 3.63) is 23.8 Å². The molecule has 1 aromatic carbocycles. The minimum Gasteiger partial charge on any atom is -0.504 e. The van der Waals surface area contributed by atoms with Gasteiger partial charge in [0, 0.05) is 18.9 Å². The van der Waals surface area contributed by atoms with Crippen molar-refractivity contribution in [2.45, 2.75) is 6.42 Å². The maximum atomic E-state index is 11.7. The van der Waals surface area contributed by atoms with Gasteiger partial charge in [-0.2, -0.15) is 11.8 Å². The van der Waals surface area contributed by atoms with E-state index in [1.54, 1.807) is 11.8 Å². The first-order chi connectivity index (χ1) is 8.66. The molecular weight excluding hydrogens is 254 g/mol. The Morgan fingerprint density at radius 3 is 2.78 bits per heavy atom. The third kappa shape index (κ3) is 4.46. The molecule has 0 aliphatic rings. The number of hydrogen-bond acceptors (Lipinski definition) is 5. The summed E-state index contributed by atoms with van der Waals surface area (Å²) in [5, 5.41) is 30.0. The van der Waals surface area contributed by atoms with Gasteiger partial charge >= 0.3 is 0 Å². The van der Waals surface area contributed by atoms with Crippen LogP contribution < -0.4 is 5.32 Å². The second-order valence-electron chi connectivity index (χ2n) is 3.62. The molecule has 0 bridgehead atoms. The lowest BCUT2D eigenvalue weighted by Gasteiger charge is -2.07. The molecule has 0 aromatic heterocycles. The van der Waals surface area contributed by atoms with Gasteiger partial charge in [0.1, 0.15) is 0 Å². The maximum absolute atomic E-state index is 11.7. The number of carbonyl (C=O) groups is 1. The van der Waals surface area contributed by atoms with E-state index in [-0.39, 0.29) is 17.9 Å². The van der Waals surface area contributed by atoms with Crippen LogP contribution >= 0.6 is 11.8 Å². The van der Waals surface area contributed by atoms with E-state index < -0.39 is 11.7 Å². The van der Waals surface area contributed by atoms with Crippen LogP contribution in [0.15, 0.2) is 18.2 Å². The van der Waals surface area contributed by atoms with E-state index in [2.05, 4.69) is 5.32 Å². The van der Waals surface area contributed by atoms with Gasteiger partial charge in [-0.15, -0.1) is 0 Å². The topological polar surface area (TPSA) is 89.8 Å². The van der Waals surface area contributed by atoms with Crippen molar-refractivity contribution in [1.29, 1.82) is 0 Å². The molecule has 0 saturated heterocycles. The Labute approximate surface area is 110 Å². The van der Waals surface area contributed by atoms with Crippen LogP contribution in [-0.2, 0) is 0 Å². The quantitative estimate of drug-likeness (QED) is 0.438. The Bertz CT molecular complexity index is 398. The highest BCUT2D eigenvalue weighted by atomic mass is 32.2. The predicted molar refractivity (Wildman–Crippen MR) is 71.1 cm³/mol. The number of aliphatic hydroxyl groups excluding tert-OH is 1. The molecular formula is C12H17NO4S. The molecule has 100 valence electrons. The smallest absolute Gasteiger partial charge is 0.255 e. The van der Waals surface area contributed by atoms with Gasteiger partial charge < -0.3 is 20.6 Å². The normalized spacial score (nSPS) is 10.3. The molecule has 0 aliphatic carbocycles. The molecule has 0 unspecified atom stereocenters. The van der Waals surface area contributed by atoms with E-state index in [9.17, 15) is 15.0 Å². The van der Waals surface area contributed by atoms with E-state index in [1.165, 1.54) is 18.2 Å². The Hall–Kier alpha value is -1.40. The lowest BCUT2D eigenvalue weighted by atomic mass is 10.2. The Balaban J connectivity index is 2.35. The summed E-state index contributed by atoms with van der Waals surface area (Å²) >= 11 is 1.64. The summed E-state index contributed by atoms with van der Waals surface area (Å²) in [5.74, 6) is 0.476. The molecule has 6 heteroatoms. The van der Waals surface area contributed by atoms with Gasteiger partial charge in [-0.25, -0.2) is 0 Å². The van der Waals surface area contributed by atoms with Crippen LogP contribution in [0, 0.1) is 0 Å². The number of phenols is 2. The van der Waals surface area contributed by atoms with Gasteiger partial charge in [-0.1, -0.05) is 6.07 Å². The summed E-state index contributed by atoms with van der Waals surface area (Å²) in [7, 11) is 0. The third-order valence-corrected chi connectivity index (χ3v) is 3.31. The summed E-state index contributed by atoms with van der Waals surface area (Å²) in [6.07, 6.45) is 0.742. The van der Waals surface area contributed by atoms with E-state index in [1.807, 2.05) is 0 Å². The van der Waals surface area contributed by atoms with Crippen LogP contribution in [-0.4, -0.2) is 45.9 Å². The Morgan fingerprint density at radius 2 is 2.06 bits per heavy atom. The Kier molecular flexibility index (Phi) is 6.38. The van der Waals surface area contributed by atoms with Gasteiger partial charge in [-0.05, 0) is 24.3 Å². The van der Waals surface area contributed by atoms with Gasteiger partial charge in [0.15, 0.2) is 11.5 Å². The van der Waals surface area contributed by atoms with E-state index in [0.29, 0.717) is 6.54 Å². The SMILES string of the molecule is O=C(NCCSCCCO)c1cccc(O)c1O. The molecule has 18 heavy (non-hydrogen) atoms. The molecule has 1 amide bonds. The van der Waals surface area contributed by atoms with Crippen molar-refractivity contribution in [1.82, 2.24) is 5.32 Å². The van der Waals surface area contributed by atoms with Gasteiger partial charge in [0.05, 0.1) is 5.56 Å². The first kappa shape index (κ1) is 14.7. The van der Waals surface area contributed by atoms with E-state index in [4.69, 9.17) is 5.11 Å². The zero-order valence-electron chi connectivity index (χ0n) is 9.93. The molecule has 0 radical (unpaired) electrons. The van der Waals surface area contributed by atoms with Crippen molar-refractivity contribution >= 4 is 17.7 Å². The number of thioether (sulfide) groups is 1. The van der Waals surface area contributed by atoms with Crippen LogP contribution in [0.2, 0.25) is 0 Å². The molecule has 4 N–H and O–H groups in total. The van der Waals surface area contributed by atoms with Gasteiger partial charge in [-0.3, -0.25) is 4.79 Å². The number of para-hydroxylation sites is 1. The fourth-order valence-corrected chi connectivity index (χ4v) is 2.10. The van der Waals surface area contributed by atoms with Crippen LogP contribution in [0.3, 0.4) is 0 Å². The monoisotopic (exact) mass is 271 g/mol. The standard InChI is InChI=1S/C12H17NO4S/c14-6-2-7-18-8-5-13-12(17)9-3-1-4-10(15)11(9)16/h1,3-4,14-16H,2,5-8H2,(H,13,17). The highest BCUT2D eigenvalue weighted by molar-refractivity contribution is 7.99. The fraction of sp³-hybridized carbons (Fsp3) is 0.417. The summed E-state index contributed by atoms with van der Waals surface area (Å²) in [6, 6.07) is 4.26. The number of aliphatic hydroxyl groups is 1. The molecule has 0 aliphatic heterocycles. The van der Waals surface area contributed by atoms with Crippen LogP contribution in [0.5, 0.6) is 11.5 Å². The maximum Gasteiger partial charge on any atom is 0.255 e. The second kappa shape index (κ2) is 7.84. The zero-order chi connectivity index (χ0) is 13.4. The number of nitrogens with one attached hydrogen (secondary N) is 1. The zero-order valence-corrected chi connectivity index (χ0v) is 10.7. The predicted octanol–water partition coefficient (Wildman–Crippen LogP) is 0.943. The highest BCUT2D eigenvalue weighted by Gasteiger charge is 2.12. The average molecular weight is 271 g/mol. The summed E-state index contributed by atoms with van der Waals surface area (Å²) in [6.45, 7) is 0.653. The number of aromatic hydroxyl groups is 2. The van der Waals surface area contributed by atoms with Gasteiger partial charge in [0.2, 0.25) is 0 Å². The molecule has 0 saturated carbocycles. The fourth-order valence-electron chi connectivity index (χ4n) is 1.32.